The number of carbonyl (C=O) groups excluding carboxylic acids is 1. The van der Waals surface area contributed by atoms with Crippen molar-refractivity contribution in [3.63, 3.8) is 0 Å². The smallest absolute Gasteiger partial charge is 0.143 e. The Bertz CT molecular complexity index is 172. The highest BCUT2D eigenvalue weighted by atomic mass is 16.1. The molecule has 1 fully saturated rings. The summed E-state index contributed by atoms with van der Waals surface area (Å²) in [5.74, 6) is 0.260. The molecule has 0 saturated carbocycles. The Morgan fingerprint density at radius 3 is 2.69 bits per heavy atom. The average molecular weight is 185 g/mol. The molecule has 4 nitrogen and oxygen atoms in total. The summed E-state index contributed by atoms with van der Waals surface area (Å²) in [6, 6.07) is 0. The lowest BCUT2D eigenvalue weighted by molar-refractivity contribution is -0.118. The van der Waals surface area contributed by atoms with Gasteiger partial charge in [0.1, 0.15) is 5.78 Å². The molecule has 0 aliphatic carbocycles. The largest absolute Gasteiger partial charge is 0.318 e. The quantitative estimate of drug-likeness (QED) is 0.618. The van der Waals surface area contributed by atoms with Gasteiger partial charge in [-0.3, -0.25) is 14.6 Å². The molecule has 0 aromatic heterocycles. The number of nitrogens with one attached hydrogen (secondary N) is 1. The highest BCUT2D eigenvalue weighted by Crippen LogP contribution is 2.03. The van der Waals surface area contributed by atoms with Crippen LogP contribution in [-0.2, 0) is 4.79 Å². The second-order valence-corrected chi connectivity index (χ2v) is 3.62. The minimum atomic E-state index is 0.260. The molecule has 0 amide bonds. The van der Waals surface area contributed by atoms with E-state index < -0.39 is 0 Å². The van der Waals surface area contributed by atoms with Crippen molar-refractivity contribution in [3.8, 4) is 0 Å². The number of hydrogen-bond donors (Lipinski definition) is 1. The Labute approximate surface area is 79.9 Å². The predicted molar refractivity (Wildman–Crippen MR) is 52.6 cm³/mol. The molecule has 0 unspecified atom stereocenters. The molecule has 0 aromatic rings. The van der Waals surface area contributed by atoms with Crippen molar-refractivity contribution in [3.05, 3.63) is 0 Å². The molecule has 0 aromatic carbocycles. The molecule has 1 saturated heterocycles. The zero-order valence-electron chi connectivity index (χ0n) is 8.55. The standard InChI is InChI=1S/C9H19N3O/c1-9(13)7-12-6-5-11(8-12)4-3-10-2/h10H,3-8H2,1-2H3. The third kappa shape index (κ3) is 3.85. The average Bonchev–Trinajstić information content (AvgIpc) is 2.48. The van der Waals surface area contributed by atoms with E-state index in [9.17, 15) is 4.79 Å². The molecule has 0 atom stereocenters. The zero-order valence-corrected chi connectivity index (χ0v) is 8.55. The fraction of sp³-hybridized carbons (Fsp3) is 0.889. The van der Waals surface area contributed by atoms with E-state index in [-0.39, 0.29) is 5.78 Å². The molecule has 0 spiro atoms. The summed E-state index contributed by atoms with van der Waals surface area (Å²) in [5.41, 5.74) is 0. The van der Waals surface area contributed by atoms with Crippen molar-refractivity contribution in [2.75, 3.05) is 46.4 Å². The number of rotatable bonds is 5. The number of carbonyl (C=O) groups is 1. The van der Waals surface area contributed by atoms with Crippen molar-refractivity contribution in [2.45, 2.75) is 6.92 Å². The van der Waals surface area contributed by atoms with E-state index >= 15 is 0 Å². The summed E-state index contributed by atoms with van der Waals surface area (Å²) < 4.78 is 0. The van der Waals surface area contributed by atoms with Crippen LogP contribution in [0.15, 0.2) is 0 Å². The first-order chi connectivity index (χ1) is 6.22. The van der Waals surface area contributed by atoms with Gasteiger partial charge in [-0.05, 0) is 14.0 Å². The lowest BCUT2D eigenvalue weighted by atomic mass is 10.4. The van der Waals surface area contributed by atoms with Gasteiger partial charge in [0, 0.05) is 26.2 Å². The molecular formula is C9H19N3O. The van der Waals surface area contributed by atoms with E-state index in [0.717, 1.165) is 32.8 Å². The highest BCUT2D eigenvalue weighted by molar-refractivity contribution is 5.77. The van der Waals surface area contributed by atoms with E-state index in [1.165, 1.54) is 0 Å². The lowest BCUT2D eigenvalue weighted by Gasteiger charge is -2.16. The van der Waals surface area contributed by atoms with Crippen molar-refractivity contribution < 1.29 is 4.79 Å². The van der Waals surface area contributed by atoms with Crippen LogP contribution in [-0.4, -0.2) is 62.0 Å². The van der Waals surface area contributed by atoms with Crippen LogP contribution >= 0.6 is 0 Å². The normalized spacial score (nSPS) is 19.5. The first kappa shape index (κ1) is 10.6. The molecule has 1 aliphatic rings. The van der Waals surface area contributed by atoms with Crippen molar-refractivity contribution in [1.29, 1.82) is 0 Å². The van der Waals surface area contributed by atoms with Gasteiger partial charge in [-0.2, -0.15) is 0 Å². The van der Waals surface area contributed by atoms with E-state index in [4.69, 9.17) is 0 Å². The van der Waals surface area contributed by atoms with Gasteiger partial charge in [-0.1, -0.05) is 0 Å². The maximum absolute atomic E-state index is 10.8. The molecule has 4 heteroatoms. The summed E-state index contributed by atoms with van der Waals surface area (Å²) in [5, 5.41) is 3.12. The monoisotopic (exact) mass is 185 g/mol. The number of likely N-dealkylation sites (N-methyl/N-ethyl adjacent to an activating group) is 1. The summed E-state index contributed by atoms with van der Waals surface area (Å²) in [7, 11) is 1.96. The minimum absolute atomic E-state index is 0.260. The molecular weight excluding hydrogens is 166 g/mol. The van der Waals surface area contributed by atoms with Crippen LogP contribution in [0.25, 0.3) is 0 Å². The fourth-order valence-electron chi connectivity index (χ4n) is 1.60. The summed E-state index contributed by atoms with van der Waals surface area (Å²) in [6.45, 7) is 7.42. The number of Topliss-reactive ketones (excluding diaryl/α,β-unsaturated/α-hetero) is 1. The second-order valence-electron chi connectivity index (χ2n) is 3.62. The predicted octanol–water partition coefficient (Wildman–Crippen LogP) is -0.630. The number of hydrogen-bond acceptors (Lipinski definition) is 4. The maximum Gasteiger partial charge on any atom is 0.143 e. The number of ketones is 1. The third-order valence-electron chi connectivity index (χ3n) is 2.26. The second kappa shape index (κ2) is 5.32. The van der Waals surface area contributed by atoms with Crippen LogP contribution < -0.4 is 5.32 Å². The van der Waals surface area contributed by atoms with Gasteiger partial charge in [0.05, 0.1) is 13.2 Å². The Morgan fingerprint density at radius 1 is 1.38 bits per heavy atom. The maximum atomic E-state index is 10.8. The van der Waals surface area contributed by atoms with Gasteiger partial charge in [0.25, 0.3) is 0 Å². The topological polar surface area (TPSA) is 35.6 Å². The van der Waals surface area contributed by atoms with Crippen LogP contribution in [0.2, 0.25) is 0 Å². The van der Waals surface area contributed by atoms with Crippen LogP contribution in [0.3, 0.4) is 0 Å². The van der Waals surface area contributed by atoms with Gasteiger partial charge >= 0.3 is 0 Å². The molecule has 1 rings (SSSR count). The third-order valence-corrected chi connectivity index (χ3v) is 2.26. The first-order valence-electron chi connectivity index (χ1n) is 4.81. The Kier molecular flexibility index (Phi) is 4.35. The molecule has 0 radical (unpaired) electrons. The van der Waals surface area contributed by atoms with Gasteiger partial charge in [0.2, 0.25) is 0 Å². The van der Waals surface area contributed by atoms with Crippen LogP contribution in [0, 0.1) is 0 Å². The van der Waals surface area contributed by atoms with Gasteiger partial charge in [0.15, 0.2) is 0 Å². The van der Waals surface area contributed by atoms with Gasteiger partial charge in [-0.15, -0.1) is 0 Å². The lowest BCUT2D eigenvalue weighted by Crippen LogP contribution is -2.32. The van der Waals surface area contributed by atoms with Crippen LogP contribution in [0.1, 0.15) is 6.92 Å². The van der Waals surface area contributed by atoms with E-state index in [0.29, 0.717) is 6.54 Å². The van der Waals surface area contributed by atoms with Crippen molar-refractivity contribution in [1.82, 2.24) is 15.1 Å². The number of nitrogens with zero attached hydrogens (tertiary/aromatic N) is 2. The molecule has 13 heavy (non-hydrogen) atoms. The Hall–Kier alpha value is -0.450. The highest BCUT2D eigenvalue weighted by Gasteiger charge is 2.19. The molecule has 1 heterocycles. The zero-order chi connectivity index (χ0) is 9.68. The van der Waals surface area contributed by atoms with Crippen LogP contribution in [0.4, 0.5) is 0 Å². The first-order valence-corrected chi connectivity index (χ1v) is 4.81. The minimum Gasteiger partial charge on any atom is -0.318 e. The molecule has 1 N–H and O–H groups in total. The van der Waals surface area contributed by atoms with Gasteiger partial charge in [-0.25, -0.2) is 0 Å². The molecule has 0 bridgehead atoms. The summed E-state index contributed by atoms with van der Waals surface area (Å²) in [6.07, 6.45) is 0. The van der Waals surface area contributed by atoms with Crippen molar-refractivity contribution >= 4 is 5.78 Å². The molecule has 1 aliphatic heterocycles. The Morgan fingerprint density at radius 2 is 2.08 bits per heavy atom. The fourth-order valence-corrected chi connectivity index (χ4v) is 1.60. The van der Waals surface area contributed by atoms with E-state index in [2.05, 4.69) is 15.1 Å². The summed E-state index contributed by atoms with van der Waals surface area (Å²) in [4.78, 5) is 15.4. The SMILES string of the molecule is CNCCN1CCN(CC(C)=O)C1. The summed E-state index contributed by atoms with van der Waals surface area (Å²) >= 11 is 0. The van der Waals surface area contributed by atoms with Crippen molar-refractivity contribution in [2.24, 2.45) is 0 Å². The van der Waals surface area contributed by atoms with E-state index in [1.807, 2.05) is 7.05 Å². The Balaban J connectivity index is 2.16. The van der Waals surface area contributed by atoms with E-state index in [1.54, 1.807) is 6.92 Å². The van der Waals surface area contributed by atoms with Crippen LogP contribution in [0.5, 0.6) is 0 Å². The van der Waals surface area contributed by atoms with Gasteiger partial charge < -0.3 is 5.32 Å². The molecule has 76 valence electrons.